The Morgan fingerprint density at radius 3 is 2.83 bits per heavy atom. The molecule has 2 unspecified atom stereocenters. The lowest BCUT2D eigenvalue weighted by atomic mass is 10.0. The first-order valence-electron chi connectivity index (χ1n) is 6.24. The summed E-state index contributed by atoms with van der Waals surface area (Å²) in [5.41, 5.74) is 7.08. The molecule has 1 aliphatic rings. The SMILES string of the molecule is CC(CN1CCC(C)(N)C1=S)c1cccc(Cl)c1. The number of likely N-dealkylation sites (tertiary alicyclic amines) is 1. The van der Waals surface area contributed by atoms with Crippen molar-refractivity contribution in [1.29, 1.82) is 0 Å². The van der Waals surface area contributed by atoms with Crippen molar-refractivity contribution in [2.24, 2.45) is 5.73 Å². The molecule has 0 amide bonds. The van der Waals surface area contributed by atoms with Crippen LogP contribution in [-0.2, 0) is 0 Å². The maximum absolute atomic E-state index is 6.15. The van der Waals surface area contributed by atoms with E-state index in [9.17, 15) is 0 Å². The van der Waals surface area contributed by atoms with Crippen LogP contribution in [-0.4, -0.2) is 28.5 Å². The number of rotatable bonds is 3. The first-order chi connectivity index (χ1) is 8.40. The number of nitrogens with zero attached hydrogens (tertiary/aromatic N) is 1. The van der Waals surface area contributed by atoms with Gasteiger partial charge in [0.05, 0.1) is 10.5 Å². The number of thiocarbonyl (C=S) groups is 1. The Bertz CT molecular complexity index is 459. The van der Waals surface area contributed by atoms with Gasteiger partial charge in [-0.25, -0.2) is 0 Å². The van der Waals surface area contributed by atoms with Gasteiger partial charge in [-0.3, -0.25) is 0 Å². The van der Waals surface area contributed by atoms with E-state index >= 15 is 0 Å². The van der Waals surface area contributed by atoms with E-state index in [1.54, 1.807) is 0 Å². The summed E-state index contributed by atoms with van der Waals surface area (Å²) in [5.74, 6) is 0.399. The summed E-state index contributed by atoms with van der Waals surface area (Å²) in [4.78, 5) is 3.11. The molecule has 0 spiro atoms. The van der Waals surface area contributed by atoms with E-state index in [1.807, 2.05) is 25.1 Å². The Morgan fingerprint density at radius 2 is 2.28 bits per heavy atom. The average Bonchev–Trinajstić information content (AvgIpc) is 2.56. The van der Waals surface area contributed by atoms with Gasteiger partial charge in [-0.1, -0.05) is 42.9 Å². The molecule has 2 nitrogen and oxygen atoms in total. The minimum atomic E-state index is -0.316. The van der Waals surface area contributed by atoms with Gasteiger partial charge >= 0.3 is 0 Å². The highest BCUT2D eigenvalue weighted by Gasteiger charge is 2.35. The third-order valence-corrected chi connectivity index (χ3v) is 4.55. The highest BCUT2D eigenvalue weighted by atomic mass is 35.5. The lowest BCUT2D eigenvalue weighted by Gasteiger charge is -2.26. The number of hydrogen-bond acceptors (Lipinski definition) is 2. The molecule has 2 rings (SSSR count). The maximum Gasteiger partial charge on any atom is 0.0979 e. The Hall–Kier alpha value is -0.640. The standard InChI is InChI=1S/C14H19ClN2S/c1-10(11-4-3-5-12(15)8-11)9-17-7-6-14(2,16)13(17)18/h3-5,8,10H,6-7,9,16H2,1-2H3. The Balaban J connectivity index is 2.05. The second-order valence-electron chi connectivity index (χ2n) is 5.37. The molecule has 0 aliphatic carbocycles. The number of hydrogen-bond donors (Lipinski definition) is 1. The van der Waals surface area contributed by atoms with Gasteiger partial charge in [0, 0.05) is 18.1 Å². The molecular weight excluding hydrogens is 264 g/mol. The first kappa shape index (κ1) is 13.8. The van der Waals surface area contributed by atoms with Crippen molar-refractivity contribution in [1.82, 2.24) is 4.90 Å². The van der Waals surface area contributed by atoms with Gasteiger partial charge in [0.25, 0.3) is 0 Å². The molecule has 1 aromatic carbocycles. The maximum atomic E-state index is 6.15. The van der Waals surface area contributed by atoms with Crippen LogP contribution in [0.3, 0.4) is 0 Å². The number of benzene rings is 1. The van der Waals surface area contributed by atoms with Crippen LogP contribution in [0.1, 0.15) is 31.7 Å². The van der Waals surface area contributed by atoms with Crippen molar-refractivity contribution in [3.8, 4) is 0 Å². The van der Waals surface area contributed by atoms with E-state index in [0.29, 0.717) is 5.92 Å². The lowest BCUT2D eigenvalue weighted by molar-refractivity contribution is 0.427. The number of nitrogens with two attached hydrogens (primary N) is 1. The fourth-order valence-electron chi connectivity index (χ4n) is 2.36. The number of halogens is 1. The van der Waals surface area contributed by atoms with Crippen molar-refractivity contribution >= 4 is 28.8 Å². The van der Waals surface area contributed by atoms with Gasteiger partial charge in [-0.2, -0.15) is 0 Å². The van der Waals surface area contributed by atoms with Crippen LogP contribution in [0.15, 0.2) is 24.3 Å². The molecule has 2 atom stereocenters. The minimum Gasteiger partial charge on any atom is -0.364 e. The van der Waals surface area contributed by atoms with Crippen LogP contribution < -0.4 is 5.73 Å². The van der Waals surface area contributed by atoms with E-state index < -0.39 is 0 Å². The normalized spacial score (nSPS) is 25.6. The van der Waals surface area contributed by atoms with Gasteiger partial charge in [0.15, 0.2) is 0 Å². The van der Waals surface area contributed by atoms with Crippen molar-refractivity contribution in [3.05, 3.63) is 34.9 Å². The molecule has 1 aliphatic heterocycles. The van der Waals surface area contributed by atoms with Gasteiger partial charge in [0.2, 0.25) is 0 Å². The van der Waals surface area contributed by atoms with Crippen LogP contribution in [0.2, 0.25) is 5.02 Å². The Kier molecular flexibility index (Phi) is 3.95. The quantitative estimate of drug-likeness (QED) is 0.864. The summed E-state index contributed by atoms with van der Waals surface area (Å²) in [6.07, 6.45) is 0.939. The molecule has 1 fully saturated rings. The predicted molar refractivity (Wildman–Crippen MR) is 81.2 cm³/mol. The summed E-state index contributed by atoms with van der Waals surface area (Å²) < 4.78 is 0. The molecule has 0 bridgehead atoms. The minimum absolute atomic E-state index is 0.316. The first-order valence-corrected chi connectivity index (χ1v) is 7.02. The summed E-state index contributed by atoms with van der Waals surface area (Å²) in [5, 5.41) is 0.784. The molecular formula is C14H19ClN2S. The van der Waals surface area contributed by atoms with Crippen LogP contribution in [0, 0.1) is 0 Å². The molecule has 18 heavy (non-hydrogen) atoms. The Labute approximate surface area is 119 Å². The van der Waals surface area contributed by atoms with E-state index in [4.69, 9.17) is 29.6 Å². The van der Waals surface area contributed by atoms with Gasteiger partial charge in [-0.15, -0.1) is 0 Å². The van der Waals surface area contributed by atoms with E-state index in [0.717, 1.165) is 29.5 Å². The molecule has 2 N–H and O–H groups in total. The third-order valence-electron chi connectivity index (χ3n) is 3.59. The van der Waals surface area contributed by atoms with Gasteiger partial charge in [-0.05, 0) is 37.0 Å². The lowest BCUT2D eigenvalue weighted by Crippen LogP contribution is -2.44. The van der Waals surface area contributed by atoms with Crippen LogP contribution in [0.5, 0.6) is 0 Å². The Morgan fingerprint density at radius 1 is 1.56 bits per heavy atom. The highest BCUT2D eigenvalue weighted by Crippen LogP contribution is 2.26. The van der Waals surface area contributed by atoms with Crippen molar-refractivity contribution in [3.63, 3.8) is 0 Å². The van der Waals surface area contributed by atoms with Crippen LogP contribution >= 0.6 is 23.8 Å². The fraction of sp³-hybridized carbons (Fsp3) is 0.500. The molecule has 1 aromatic rings. The fourth-order valence-corrected chi connectivity index (χ4v) is 2.83. The zero-order valence-electron chi connectivity index (χ0n) is 10.8. The summed E-state index contributed by atoms with van der Waals surface area (Å²) in [7, 11) is 0. The topological polar surface area (TPSA) is 29.3 Å². The van der Waals surface area contributed by atoms with Gasteiger partial charge in [0.1, 0.15) is 0 Å². The van der Waals surface area contributed by atoms with Gasteiger partial charge < -0.3 is 10.6 Å². The monoisotopic (exact) mass is 282 g/mol. The van der Waals surface area contributed by atoms with E-state index in [2.05, 4.69) is 17.9 Å². The smallest absolute Gasteiger partial charge is 0.0979 e. The zero-order valence-corrected chi connectivity index (χ0v) is 12.4. The molecule has 1 saturated heterocycles. The molecule has 0 saturated carbocycles. The van der Waals surface area contributed by atoms with Crippen LogP contribution in [0.25, 0.3) is 0 Å². The van der Waals surface area contributed by atoms with E-state index in [-0.39, 0.29) is 5.54 Å². The zero-order chi connectivity index (χ0) is 13.3. The highest BCUT2D eigenvalue weighted by molar-refractivity contribution is 7.80. The molecule has 0 radical (unpaired) electrons. The van der Waals surface area contributed by atoms with Crippen molar-refractivity contribution in [2.75, 3.05) is 13.1 Å². The summed E-state index contributed by atoms with van der Waals surface area (Å²) in [6.45, 7) is 6.07. The van der Waals surface area contributed by atoms with Crippen LogP contribution in [0.4, 0.5) is 0 Å². The van der Waals surface area contributed by atoms with Crippen molar-refractivity contribution in [2.45, 2.75) is 31.7 Å². The summed E-state index contributed by atoms with van der Waals surface area (Å²) >= 11 is 11.5. The summed E-state index contributed by atoms with van der Waals surface area (Å²) in [6, 6.07) is 8.02. The predicted octanol–water partition coefficient (Wildman–Crippen LogP) is 3.19. The van der Waals surface area contributed by atoms with Crippen molar-refractivity contribution < 1.29 is 0 Å². The largest absolute Gasteiger partial charge is 0.364 e. The molecule has 4 heteroatoms. The molecule has 0 aromatic heterocycles. The average molecular weight is 283 g/mol. The second kappa shape index (κ2) is 5.16. The second-order valence-corrected chi connectivity index (χ2v) is 6.20. The van der Waals surface area contributed by atoms with E-state index in [1.165, 1.54) is 5.56 Å². The molecule has 98 valence electrons. The third kappa shape index (κ3) is 2.85. The molecule has 1 heterocycles.